The Balaban J connectivity index is 1.69. The number of halogens is 1. The Hall–Kier alpha value is -3.92. The number of amides is 2. The summed E-state index contributed by atoms with van der Waals surface area (Å²) in [7, 11) is 1.65. The predicted octanol–water partition coefficient (Wildman–Crippen LogP) is 2.67. The molecule has 0 unspecified atom stereocenters. The molecule has 0 saturated heterocycles. The highest BCUT2D eigenvalue weighted by atomic mass is 19.1. The lowest BCUT2D eigenvalue weighted by molar-refractivity contribution is 0.0312. The molecule has 36 heavy (non-hydrogen) atoms. The highest BCUT2D eigenvalue weighted by Crippen LogP contribution is 2.30. The van der Waals surface area contributed by atoms with E-state index in [2.05, 4.69) is 15.0 Å². The Morgan fingerprint density at radius 2 is 2.06 bits per heavy atom. The normalized spacial score (nSPS) is 18.5. The first-order valence-electron chi connectivity index (χ1n) is 11.6. The third kappa shape index (κ3) is 5.33. The molecule has 1 aromatic carbocycles. The number of aliphatic hydroxyl groups excluding tert-OH is 1. The Morgan fingerprint density at radius 3 is 2.75 bits per heavy atom. The molecule has 9 nitrogen and oxygen atoms in total. The molecule has 4 rings (SSSR count). The second-order valence-electron chi connectivity index (χ2n) is 8.99. The molecule has 1 aliphatic heterocycles. The number of nitrogens with zero attached hydrogens (tertiary/aromatic N) is 5. The number of benzene rings is 1. The van der Waals surface area contributed by atoms with Gasteiger partial charge in [0.2, 0.25) is 5.88 Å². The Morgan fingerprint density at radius 1 is 1.25 bits per heavy atom. The summed E-state index contributed by atoms with van der Waals surface area (Å²) in [5.74, 6) is -1.13. The van der Waals surface area contributed by atoms with Crippen LogP contribution in [0.2, 0.25) is 0 Å². The molecule has 0 radical (unpaired) electrons. The van der Waals surface area contributed by atoms with Gasteiger partial charge in [-0.3, -0.25) is 14.6 Å². The monoisotopic (exact) mass is 493 g/mol. The molecule has 3 atom stereocenters. The van der Waals surface area contributed by atoms with E-state index in [1.165, 1.54) is 41.8 Å². The lowest BCUT2D eigenvalue weighted by Gasteiger charge is -2.37. The fourth-order valence-electron chi connectivity index (χ4n) is 4.10. The number of aliphatic hydroxyl groups is 1. The van der Waals surface area contributed by atoms with E-state index in [-0.39, 0.29) is 48.0 Å². The van der Waals surface area contributed by atoms with Crippen LogP contribution in [0.3, 0.4) is 0 Å². The van der Waals surface area contributed by atoms with E-state index in [0.717, 1.165) is 0 Å². The summed E-state index contributed by atoms with van der Waals surface area (Å²) in [5.41, 5.74) is 1.54. The zero-order chi connectivity index (χ0) is 25.8. The third-order valence-corrected chi connectivity index (χ3v) is 6.26. The molecule has 0 bridgehead atoms. The van der Waals surface area contributed by atoms with Crippen molar-refractivity contribution in [1.29, 1.82) is 0 Å². The SMILES string of the molecule is C[C@H](CO)N1C[C@H](C)[C@@H](CN(C)C(=O)c2cnccn2)Oc2ncc(-c3cccc(F)c3)cc2C1=O. The predicted molar refractivity (Wildman–Crippen MR) is 130 cm³/mol. The minimum atomic E-state index is -0.511. The highest BCUT2D eigenvalue weighted by Gasteiger charge is 2.35. The number of pyridine rings is 1. The summed E-state index contributed by atoms with van der Waals surface area (Å²) in [6.45, 7) is 3.96. The smallest absolute Gasteiger partial charge is 0.273 e. The van der Waals surface area contributed by atoms with Crippen LogP contribution < -0.4 is 4.74 Å². The fraction of sp³-hybridized carbons (Fsp3) is 0.346. The van der Waals surface area contributed by atoms with Crippen molar-refractivity contribution in [3.05, 3.63) is 72.2 Å². The van der Waals surface area contributed by atoms with Crippen LogP contribution in [0.5, 0.6) is 5.88 Å². The number of hydrogen-bond donors (Lipinski definition) is 1. The van der Waals surface area contributed by atoms with Gasteiger partial charge in [0.15, 0.2) is 0 Å². The Labute approximate surface area is 208 Å². The zero-order valence-corrected chi connectivity index (χ0v) is 20.3. The maximum Gasteiger partial charge on any atom is 0.273 e. The number of carbonyl (C=O) groups excluding carboxylic acids is 2. The van der Waals surface area contributed by atoms with Gasteiger partial charge in [0.05, 0.1) is 25.4 Å². The van der Waals surface area contributed by atoms with E-state index < -0.39 is 18.0 Å². The van der Waals surface area contributed by atoms with Gasteiger partial charge < -0.3 is 19.6 Å². The summed E-state index contributed by atoms with van der Waals surface area (Å²) in [6.07, 6.45) is 5.36. The molecule has 2 aromatic heterocycles. The number of hydrogen-bond acceptors (Lipinski definition) is 7. The minimum Gasteiger partial charge on any atom is -0.472 e. The van der Waals surface area contributed by atoms with Crippen LogP contribution in [0.4, 0.5) is 4.39 Å². The van der Waals surface area contributed by atoms with Crippen LogP contribution >= 0.6 is 0 Å². The quantitative estimate of drug-likeness (QED) is 0.562. The van der Waals surface area contributed by atoms with Crippen LogP contribution in [-0.4, -0.2) is 80.6 Å². The summed E-state index contributed by atoms with van der Waals surface area (Å²) in [6, 6.07) is 7.19. The van der Waals surface area contributed by atoms with Gasteiger partial charge in [0.1, 0.15) is 23.2 Å². The maximum atomic E-state index is 13.8. The molecule has 2 amide bonds. The number of rotatable bonds is 6. The van der Waals surface area contributed by atoms with Gasteiger partial charge in [-0.1, -0.05) is 19.1 Å². The molecule has 1 aliphatic rings. The van der Waals surface area contributed by atoms with Crippen LogP contribution in [0.25, 0.3) is 11.1 Å². The van der Waals surface area contributed by atoms with Crippen molar-refractivity contribution < 1.29 is 23.8 Å². The van der Waals surface area contributed by atoms with E-state index in [0.29, 0.717) is 17.7 Å². The molecule has 10 heteroatoms. The van der Waals surface area contributed by atoms with Crippen LogP contribution in [0, 0.1) is 11.7 Å². The van der Waals surface area contributed by atoms with E-state index >= 15 is 0 Å². The van der Waals surface area contributed by atoms with Gasteiger partial charge in [0.25, 0.3) is 11.8 Å². The van der Waals surface area contributed by atoms with Gasteiger partial charge >= 0.3 is 0 Å². The van der Waals surface area contributed by atoms with Crippen LogP contribution in [-0.2, 0) is 0 Å². The number of aromatic nitrogens is 3. The first-order chi connectivity index (χ1) is 17.3. The van der Waals surface area contributed by atoms with Crippen molar-refractivity contribution >= 4 is 11.8 Å². The van der Waals surface area contributed by atoms with Gasteiger partial charge in [-0.15, -0.1) is 0 Å². The lowest BCUT2D eigenvalue weighted by Crippen LogP contribution is -2.50. The molecular weight excluding hydrogens is 465 g/mol. The molecule has 3 heterocycles. The number of fused-ring (bicyclic) bond motifs is 1. The molecule has 1 N–H and O–H groups in total. The van der Waals surface area contributed by atoms with E-state index in [1.807, 2.05) is 6.92 Å². The number of carbonyl (C=O) groups is 2. The van der Waals surface area contributed by atoms with Gasteiger partial charge in [-0.2, -0.15) is 0 Å². The largest absolute Gasteiger partial charge is 0.472 e. The van der Waals surface area contributed by atoms with E-state index in [1.54, 1.807) is 37.1 Å². The maximum absolute atomic E-state index is 13.8. The van der Waals surface area contributed by atoms with E-state index in [9.17, 15) is 19.1 Å². The van der Waals surface area contributed by atoms with Crippen molar-refractivity contribution in [1.82, 2.24) is 24.8 Å². The summed E-state index contributed by atoms with van der Waals surface area (Å²) >= 11 is 0. The van der Waals surface area contributed by atoms with Gasteiger partial charge in [-0.05, 0) is 30.7 Å². The highest BCUT2D eigenvalue weighted by molar-refractivity contribution is 5.98. The second kappa shape index (κ2) is 10.8. The second-order valence-corrected chi connectivity index (χ2v) is 8.99. The number of likely N-dealkylation sites (N-methyl/N-ethyl adjacent to an activating group) is 1. The van der Waals surface area contributed by atoms with Crippen LogP contribution in [0.1, 0.15) is 34.7 Å². The third-order valence-electron chi connectivity index (χ3n) is 6.26. The van der Waals surface area contributed by atoms with Gasteiger partial charge in [0, 0.05) is 43.7 Å². The molecule has 188 valence electrons. The minimum absolute atomic E-state index is 0.118. The molecule has 0 spiro atoms. The topological polar surface area (TPSA) is 109 Å². The summed E-state index contributed by atoms with van der Waals surface area (Å²) in [4.78, 5) is 41.9. The van der Waals surface area contributed by atoms with Crippen molar-refractivity contribution in [2.45, 2.75) is 26.0 Å². The van der Waals surface area contributed by atoms with Crippen LogP contribution in [0.15, 0.2) is 55.1 Å². The van der Waals surface area contributed by atoms with E-state index in [4.69, 9.17) is 4.74 Å². The molecule has 0 saturated carbocycles. The van der Waals surface area contributed by atoms with Crippen molar-refractivity contribution in [2.75, 3.05) is 26.7 Å². The summed E-state index contributed by atoms with van der Waals surface area (Å²) in [5, 5.41) is 9.83. The number of ether oxygens (including phenoxy) is 1. The molecule has 0 aliphatic carbocycles. The first kappa shape index (κ1) is 25.2. The first-order valence-corrected chi connectivity index (χ1v) is 11.6. The van der Waals surface area contributed by atoms with Gasteiger partial charge in [-0.25, -0.2) is 14.4 Å². The van der Waals surface area contributed by atoms with Crippen molar-refractivity contribution in [2.24, 2.45) is 5.92 Å². The average Bonchev–Trinajstić information content (AvgIpc) is 2.90. The lowest BCUT2D eigenvalue weighted by atomic mass is 9.99. The van der Waals surface area contributed by atoms with Crippen molar-refractivity contribution in [3.63, 3.8) is 0 Å². The molecular formula is C26H28FN5O4. The zero-order valence-electron chi connectivity index (χ0n) is 20.3. The fourth-order valence-corrected chi connectivity index (χ4v) is 4.10. The summed E-state index contributed by atoms with van der Waals surface area (Å²) < 4.78 is 20.0. The molecule has 3 aromatic rings. The standard InChI is InChI=1S/C26H28FN5O4/c1-16-13-32(17(2)15-33)25(34)21-10-19(18-5-4-6-20(27)9-18)11-30-24(21)36-23(16)14-31(3)26(35)22-12-28-7-8-29-22/h4-12,16-17,23,33H,13-15H2,1-3H3/t16-,17+,23+/m0/s1. The Kier molecular flexibility index (Phi) is 7.54. The Bertz CT molecular complexity index is 1240. The van der Waals surface area contributed by atoms with Crippen molar-refractivity contribution in [3.8, 4) is 17.0 Å². The molecule has 0 fully saturated rings. The average molecular weight is 494 g/mol.